The summed E-state index contributed by atoms with van der Waals surface area (Å²) in [6.45, 7) is 0.496. The van der Waals surface area contributed by atoms with Crippen molar-refractivity contribution < 1.29 is 4.39 Å². The van der Waals surface area contributed by atoms with Gasteiger partial charge in [-0.15, -0.1) is 0 Å². The first-order chi connectivity index (χ1) is 9.22. The van der Waals surface area contributed by atoms with Crippen LogP contribution in [0.5, 0.6) is 0 Å². The molecule has 0 radical (unpaired) electrons. The van der Waals surface area contributed by atoms with E-state index in [-0.39, 0.29) is 20.4 Å². The van der Waals surface area contributed by atoms with Crippen molar-refractivity contribution in [1.29, 1.82) is 0 Å². The SMILES string of the molecule is Fc1cc(Cl)cc(CNc2cccc3c2N=[Se]=N3)c1. The van der Waals surface area contributed by atoms with Crippen LogP contribution >= 0.6 is 11.6 Å². The molecule has 96 valence electrons. The molecule has 0 saturated heterocycles. The van der Waals surface area contributed by atoms with Crippen LogP contribution in [0.4, 0.5) is 21.5 Å². The van der Waals surface area contributed by atoms with E-state index in [9.17, 15) is 4.39 Å². The van der Waals surface area contributed by atoms with Crippen molar-refractivity contribution in [3.63, 3.8) is 0 Å². The molecular formula is C13H9ClFN3Se. The average Bonchev–Trinajstić information content (AvgIpc) is 2.83. The first kappa shape index (κ1) is 12.6. The predicted octanol–water partition coefficient (Wildman–Crippen LogP) is 4.44. The van der Waals surface area contributed by atoms with Crippen LogP contribution in [0.1, 0.15) is 5.56 Å². The molecule has 0 aliphatic carbocycles. The van der Waals surface area contributed by atoms with Crippen LogP contribution in [0.3, 0.4) is 0 Å². The fourth-order valence-corrected chi connectivity index (χ4v) is 3.26. The molecule has 6 heteroatoms. The van der Waals surface area contributed by atoms with Gasteiger partial charge in [0.1, 0.15) is 0 Å². The van der Waals surface area contributed by atoms with E-state index in [1.807, 2.05) is 18.2 Å². The molecule has 2 aromatic carbocycles. The minimum atomic E-state index is -0.328. The number of halogens is 2. The molecular weight excluding hydrogens is 332 g/mol. The average molecular weight is 341 g/mol. The summed E-state index contributed by atoms with van der Waals surface area (Å²) in [5.74, 6) is -0.328. The molecule has 3 nitrogen and oxygen atoms in total. The van der Waals surface area contributed by atoms with Crippen molar-refractivity contribution in [2.24, 2.45) is 7.92 Å². The van der Waals surface area contributed by atoms with E-state index in [4.69, 9.17) is 11.6 Å². The van der Waals surface area contributed by atoms with Gasteiger partial charge in [0.25, 0.3) is 0 Å². The van der Waals surface area contributed by atoms with Gasteiger partial charge in [0.05, 0.1) is 0 Å². The molecule has 0 atom stereocenters. The normalized spacial score (nSPS) is 12.1. The molecule has 0 unspecified atom stereocenters. The van der Waals surface area contributed by atoms with Crippen LogP contribution in [0.25, 0.3) is 0 Å². The summed E-state index contributed by atoms with van der Waals surface area (Å²) in [6, 6.07) is 10.3. The van der Waals surface area contributed by atoms with Gasteiger partial charge in [-0.05, 0) is 0 Å². The Morgan fingerprint density at radius 2 is 2.11 bits per heavy atom. The molecule has 2 aromatic rings. The van der Waals surface area contributed by atoms with Crippen molar-refractivity contribution in [3.05, 3.63) is 52.8 Å². The Labute approximate surface area is 120 Å². The molecule has 0 saturated carbocycles. The number of anilines is 1. The second-order valence-electron chi connectivity index (χ2n) is 4.07. The standard InChI is InChI=1S/C13H9ClFN3Se/c14-9-4-8(5-10(15)6-9)7-16-11-2-1-3-12-13(11)18-19-17-12/h1-6,16H,7H2. The summed E-state index contributed by atoms with van der Waals surface area (Å²) in [6.07, 6.45) is 0. The van der Waals surface area contributed by atoms with Gasteiger partial charge in [-0.2, -0.15) is 0 Å². The third kappa shape index (κ3) is 2.78. The summed E-state index contributed by atoms with van der Waals surface area (Å²) < 4.78 is 21.9. The Kier molecular flexibility index (Phi) is 3.51. The first-order valence-corrected chi connectivity index (χ1v) is 7.53. The van der Waals surface area contributed by atoms with Crippen LogP contribution in [0.2, 0.25) is 5.02 Å². The second-order valence-corrected chi connectivity index (χ2v) is 5.61. The molecule has 1 N–H and O–H groups in total. The first-order valence-electron chi connectivity index (χ1n) is 5.62. The molecule has 0 spiro atoms. The van der Waals surface area contributed by atoms with E-state index >= 15 is 0 Å². The fraction of sp³-hybridized carbons (Fsp3) is 0.0769. The molecule has 3 rings (SSSR count). The van der Waals surface area contributed by atoms with Crippen LogP contribution < -0.4 is 5.32 Å². The molecule has 0 fully saturated rings. The monoisotopic (exact) mass is 341 g/mol. The quantitative estimate of drug-likeness (QED) is 0.703. The van der Waals surface area contributed by atoms with E-state index in [0.717, 1.165) is 22.6 Å². The predicted molar refractivity (Wildman–Crippen MR) is 75.1 cm³/mol. The van der Waals surface area contributed by atoms with E-state index in [1.54, 1.807) is 6.07 Å². The molecule has 1 aliphatic rings. The van der Waals surface area contributed by atoms with E-state index in [2.05, 4.69) is 13.2 Å². The number of fused-ring (bicyclic) bond motifs is 1. The van der Waals surface area contributed by atoms with Gasteiger partial charge >= 0.3 is 120 Å². The fourth-order valence-electron chi connectivity index (χ4n) is 1.86. The zero-order valence-corrected chi connectivity index (χ0v) is 12.2. The summed E-state index contributed by atoms with van der Waals surface area (Å²) >= 11 is 5.77. The molecule has 1 aliphatic heterocycles. The maximum absolute atomic E-state index is 13.2. The van der Waals surface area contributed by atoms with Crippen LogP contribution in [-0.4, -0.2) is 14.6 Å². The van der Waals surface area contributed by atoms with Gasteiger partial charge in [-0.25, -0.2) is 0 Å². The molecule has 0 aromatic heterocycles. The zero-order valence-electron chi connectivity index (χ0n) is 9.73. The number of hydrogen-bond acceptors (Lipinski definition) is 3. The number of hydrogen-bond donors (Lipinski definition) is 1. The summed E-state index contributed by atoms with van der Waals surface area (Å²) in [7, 11) is 0. The van der Waals surface area contributed by atoms with Crippen LogP contribution in [-0.2, 0) is 6.54 Å². The number of rotatable bonds is 3. The van der Waals surface area contributed by atoms with Crippen LogP contribution in [0, 0.1) is 5.82 Å². The second kappa shape index (κ2) is 5.29. The van der Waals surface area contributed by atoms with Crippen LogP contribution in [0.15, 0.2) is 44.3 Å². The Hall–Kier alpha value is -1.42. The Morgan fingerprint density at radius 3 is 2.95 bits per heavy atom. The Morgan fingerprint density at radius 1 is 1.21 bits per heavy atom. The molecule has 1 heterocycles. The van der Waals surface area contributed by atoms with Crippen molar-refractivity contribution in [2.45, 2.75) is 6.54 Å². The number of nitrogens with zero attached hydrogens (tertiary/aromatic N) is 2. The summed E-state index contributed by atoms with van der Waals surface area (Å²) in [5, 5.41) is 3.65. The van der Waals surface area contributed by atoms with Gasteiger partial charge in [-0.3, -0.25) is 0 Å². The van der Waals surface area contributed by atoms with Gasteiger partial charge in [-0.1, -0.05) is 0 Å². The Balaban J connectivity index is 1.80. The topological polar surface area (TPSA) is 36.8 Å². The zero-order chi connectivity index (χ0) is 13.2. The summed E-state index contributed by atoms with van der Waals surface area (Å²) in [5.41, 5.74) is 3.52. The Bertz CT molecular complexity index is 691. The maximum atomic E-state index is 13.2. The molecule has 0 amide bonds. The van der Waals surface area contributed by atoms with Gasteiger partial charge in [0.15, 0.2) is 0 Å². The van der Waals surface area contributed by atoms with Crippen molar-refractivity contribution in [2.75, 3.05) is 5.32 Å². The van der Waals surface area contributed by atoms with E-state index in [0.29, 0.717) is 11.6 Å². The van der Waals surface area contributed by atoms with Gasteiger partial charge < -0.3 is 0 Å². The number of benzene rings is 2. The molecule has 19 heavy (non-hydrogen) atoms. The van der Waals surface area contributed by atoms with Crippen molar-refractivity contribution >= 4 is 43.2 Å². The van der Waals surface area contributed by atoms with E-state index < -0.39 is 0 Å². The van der Waals surface area contributed by atoms with Crippen molar-refractivity contribution in [1.82, 2.24) is 0 Å². The number of nitrogens with one attached hydrogen (secondary N) is 1. The van der Waals surface area contributed by atoms with Crippen molar-refractivity contribution in [3.8, 4) is 0 Å². The van der Waals surface area contributed by atoms with E-state index in [1.165, 1.54) is 12.1 Å². The summed E-state index contributed by atoms with van der Waals surface area (Å²) in [4.78, 5) is 0. The third-order valence-electron chi connectivity index (χ3n) is 2.69. The molecule has 0 bridgehead atoms. The minimum absolute atomic E-state index is 0.0533. The van der Waals surface area contributed by atoms with Gasteiger partial charge in [0.2, 0.25) is 0 Å². The van der Waals surface area contributed by atoms with Gasteiger partial charge in [0, 0.05) is 0 Å². The third-order valence-corrected chi connectivity index (χ3v) is 4.05.